The molecule has 2 nitrogen and oxygen atoms in total. The van der Waals surface area contributed by atoms with Crippen molar-refractivity contribution in [2.45, 2.75) is 19.0 Å². The summed E-state index contributed by atoms with van der Waals surface area (Å²) in [5, 5.41) is 0.774. The molecular formula is C11H15BrCl2N2. The Kier molecular flexibility index (Phi) is 5.54. The van der Waals surface area contributed by atoms with Crippen LogP contribution in [0.2, 0.25) is 5.02 Å². The van der Waals surface area contributed by atoms with E-state index >= 15 is 0 Å². The molecule has 1 saturated heterocycles. The molecule has 1 aliphatic rings. The number of nitrogens with two attached hydrogens (primary N) is 1. The first-order valence-corrected chi connectivity index (χ1v) is 6.24. The van der Waals surface area contributed by atoms with E-state index in [0.29, 0.717) is 6.04 Å². The first-order chi connectivity index (χ1) is 7.15. The lowest BCUT2D eigenvalue weighted by molar-refractivity contribution is 0.327. The van der Waals surface area contributed by atoms with E-state index in [0.717, 1.165) is 35.6 Å². The van der Waals surface area contributed by atoms with E-state index in [1.165, 1.54) is 5.56 Å². The largest absolute Gasteiger partial charge is 0.326 e. The second kappa shape index (κ2) is 6.22. The van der Waals surface area contributed by atoms with E-state index in [-0.39, 0.29) is 12.4 Å². The van der Waals surface area contributed by atoms with Gasteiger partial charge < -0.3 is 5.73 Å². The van der Waals surface area contributed by atoms with Crippen molar-refractivity contribution in [2.24, 2.45) is 5.73 Å². The summed E-state index contributed by atoms with van der Waals surface area (Å²) in [5.74, 6) is 0. The number of hydrogen-bond donors (Lipinski definition) is 1. The third kappa shape index (κ3) is 3.60. The van der Waals surface area contributed by atoms with E-state index in [1.54, 1.807) is 0 Å². The quantitative estimate of drug-likeness (QED) is 0.905. The van der Waals surface area contributed by atoms with Gasteiger partial charge in [0.15, 0.2) is 0 Å². The predicted octanol–water partition coefficient (Wildman–Crippen LogP) is 3.06. The summed E-state index contributed by atoms with van der Waals surface area (Å²) in [6, 6.07) is 6.44. The van der Waals surface area contributed by atoms with Crippen LogP contribution in [0, 0.1) is 0 Å². The number of likely N-dealkylation sites (tertiary alicyclic amines) is 1. The maximum absolute atomic E-state index is 6.04. The number of hydrogen-bond acceptors (Lipinski definition) is 2. The van der Waals surface area contributed by atoms with Crippen LogP contribution in [0.15, 0.2) is 22.7 Å². The van der Waals surface area contributed by atoms with Crippen molar-refractivity contribution in [2.75, 3.05) is 13.1 Å². The lowest BCUT2D eigenvalue weighted by Gasteiger charge is -2.15. The van der Waals surface area contributed by atoms with Crippen LogP contribution in [0.25, 0.3) is 0 Å². The molecule has 1 aliphatic heterocycles. The van der Waals surface area contributed by atoms with E-state index < -0.39 is 0 Å². The Balaban J connectivity index is 0.00000128. The average molecular weight is 326 g/mol. The molecule has 1 aromatic carbocycles. The van der Waals surface area contributed by atoms with E-state index in [9.17, 15) is 0 Å². The summed E-state index contributed by atoms with van der Waals surface area (Å²) in [6.07, 6.45) is 1.10. The maximum Gasteiger partial charge on any atom is 0.0551 e. The van der Waals surface area contributed by atoms with Crippen molar-refractivity contribution >= 4 is 39.9 Å². The van der Waals surface area contributed by atoms with Crippen LogP contribution in [0.5, 0.6) is 0 Å². The van der Waals surface area contributed by atoms with Gasteiger partial charge in [0.25, 0.3) is 0 Å². The van der Waals surface area contributed by atoms with Crippen molar-refractivity contribution in [3.63, 3.8) is 0 Å². The summed E-state index contributed by atoms with van der Waals surface area (Å²) in [6.45, 7) is 3.03. The Morgan fingerprint density at radius 2 is 2.25 bits per heavy atom. The summed E-state index contributed by atoms with van der Waals surface area (Å²) in [4.78, 5) is 2.37. The summed E-state index contributed by atoms with van der Waals surface area (Å²) < 4.78 is 0.950. The van der Waals surface area contributed by atoms with Gasteiger partial charge >= 0.3 is 0 Å². The Morgan fingerprint density at radius 1 is 1.50 bits per heavy atom. The third-order valence-corrected chi connectivity index (χ3v) is 3.93. The molecule has 1 aromatic rings. The predicted molar refractivity (Wildman–Crippen MR) is 74.3 cm³/mol. The van der Waals surface area contributed by atoms with Crippen molar-refractivity contribution in [1.82, 2.24) is 4.90 Å². The highest BCUT2D eigenvalue weighted by molar-refractivity contribution is 9.10. The number of nitrogens with zero attached hydrogens (tertiary/aromatic N) is 1. The number of halogens is 3. The summed E-state index contributed by atoms with van der Waals surface area (Å²) in [5.41, 5.74) is 7.11. The molecule has 0 spiro atoms. The zero-order chi connectivity index (χ0) is 10.8. The van der Waals surface area contributed by atoms with E-state index in [1.807, 2.05) is 12.1 Å². The molecule has 0 saturated carbocycles. The molecule has 0 aromatic heterocycles. The molecule has 5 heteroatoms. The lowest BCUT2D eigenvalue weighted by atomic mass is 10.2. The molecule has 2 rings (SSSR count). The second-order valence-corrected chi connectivity index (χ2v) is 5.29. The molecule has 1 heterocycles. The van der Waals surface area contributed by atoms with Crippen LogP contribution in [-0.4, -0.2) is 24.0 Å². The first kappa shape index (κ1) is 14.3. The van der Waals surface area contributed by atoms with Crippen molar-refractivity contribution in [3.8, 4) is 0 Å². The number of benzene rings is 1. The Bertz CT molecular complexity index is 360. The van der Waals surface area contributed by atoms with Gasteiger partial charge in [-0.2, -0.15) is 0 Å². The maximum atomic E-state index is 6.04. The van der Waals surface area contributed by atoms with Gasteiger partial charge in [0.05, 0.1) is 5.02 Å². The molecule has 16 heavy (non-hydrogen) atoms. The minimum atomic E-state index is 0. The SMILES string of the molecule is Cl.NC1CCN(Cc2ccc(Br)c(Cl)c2)C1. The zero-order valence-electron chi connectivity index (χ0n) is 8.83. The molecule has 1 fully saturated rings. The van der Waals surface area contributed by atoms with Crippen molar-refractivity contribution in [1.29, 1.82) is 0 Å². The highest BCUT2D eigenvalue weighted by atomic mass is 79.9. The summed E-state index contributed by atoms with van der Waals surface area (Å²) >= 11 is 9.42. The number of rotatable bonds is 2. The van der Waals surface area contributed by atoms with Crippen LogP contribution in [0.4, 0.5) is 0 Å². The molecule has 90 valence electrons. The van der Waals surface area contributed by atoms with Gasteiger partial charge in [0.2, 0.25) is 0 Å². The fourth-order valence-electron chi connectivity index (χ4n) is 1.90. The molecule has 0 radical (unpaired) electrons. The standard InChI is InChI=1S/C11H14BrClN2.ClH/c12-10-2-1-8(5-11(10)13)6-15-4-3-9(14)7-15;/h1-2,5,9H,3-4,6-7,14H2;1H. The van der Waals surface area contributed by atoms with Gasteiger partial charge in [-0.1, -0.05) is 17.7 Å². The fourth-order valence-corrected chi connectivity index (χ4v) is 2.35. The Morgan fingerprint density at radius 3 is 2.81 bits per heavy atom. The average Bonchev–Trinajstić information content (AvgIpc) is 2.58. The smallest absolute Gasteiger partial charge is 0.0551 e. The molecule has 0 bridgehead atoms. The monoisotopic (exact) mass is 324 g/mol. The second-order valence-electron chi connectivity index (χ2n) is 4.03. The van der Waals surface area contributed by atoms with Gasteiger partial charge in [-0.15, -0.1) is 12.4 Å². The Labute approximate surface area is 116 Å². The van der Waals surface area contributed by atoms with E-state index in [4.69, 9.17) is 17.3 Å². The highest BCUT2D eigenvalue weighted by Gasteiger charge is 2.18. The van der Waals surface area contributed by atoms with Crippen LogP contribution in [0.1, 0.15) is 12.0 Å². The third-order valence-electron chi connectivity index (χ3n) is 2.70. The van der Waals surface area contributed by atoms with Gasteiger partial charge in [-0.05, 0) is 40.0 Å². The molecule has 1 unspecified atom stereocenters. The minimum absolute atomic E-state index is 0. The molecule has 0 amide bonds. The van der Waals surface area contributed by atoms with E-state index in [2.05, 4.69) is 26.9 Å². The first-order valence-electron chi connectivity index (χ1n) is 5.07. The molecule has 0 aliphatic carbocycles. The minimum Gasteiger partial charge on any atom is -0.326 e. The van der Waals surface area contributed by atoms with Crippen LogP contribution in [0.3, 0.4) is 0 Å². The molecular weight excluding hydrogens is 311 g/mol. The molecule has 2 N–H and O–H groups in total. The highest BCUT2D eigenvalue weighted by Crippen LogP contribution is 2.24. The van der Waals surface area contributed by atoms with Gasteiger partial charge in [0, 0.05) is 30.1 Å². The van der Waals surface area contributed by atoms with Gasteiger partial charge in [-0.3, -0.25) is 4.90 Å². The van der Waals surface area contributed by atoms with Crippen LogP contribution >= 0.6 is 39.9 Å². The summed E-state index contributed by atoms with van der Waals surface area (Å²) in [7, 11) is 0. The van der Waals surface area contributed by atoms with Gasteiger partial charge in [0.1, 0.15) is 0 Å². The van der Waals surface area contributed by atoms with Gasteiger partial charge in [-0.25, -0.2) is 0 Å². The van der Waals surface area contributed by atoms with Crippen molar-refractivity contribution in [3.05, 3.63) is 33.3 Å². The van der Waals surface area contributed by atoms with Crippen LogP contribution < -0.4 is 5.73 Å². The molecule has 1 atom stereocenters. The van der Waals surface area contributed by atoms with Crippen molar-refractivity contribution < 1.29 is 0 Å². The Hall–Kier alpha value is 0.200. The topological polar surface area (TPSA) is 29.3 Å². The zero-order valence-corrected chi connectivity index (χ0v) is 12.0. The normalized spacial score (nSPS) is 20.8. The fraction of sp³-hybridized carbons (Fsp3) is 0.455. The lowest BCUT2D eigenvalue weighted by Crippen LogP contribution is -2.26. The van der Waals surface area contributed by atoms with Crippen LogP contribution in [-0.2, 0) is 6.54 Å².